The fourth-order valence-corrected chi connectivity index (χ4v) is 4.86. The molecule has 1 saturated heterocycles. The van der Waals surface area contributed by atoms with E-state index in [1.807, 2.05) is 36.4 Å². The van der Waals surface area contributed by atoms with Crippen LogP contribution < -0.4 is 20.9 Å². The van der Waals surface area contributed by atoms with Crippen molar-refractivity contribution in [3.63, 3.8) is 0 Å². The number of rotatable bonds is 15. The highest BCUT2D eigenvalue weighted by Crippen LogP contribution is 2.31. The Morgan fingerprint density at radius 2 is 1.92 bits per heavy atom. The van der Waals surface area contributed by atoms with E-state index in [9.17, 15) is 0 Å². The van der Waals surface area contributed by atoms with Crippen LogP contribution in [0.2, 0.25) is 0 Å². The first-order chi connectivity index (χ1) is 18.7. The summed E-state index contributed by atoms with van der Waals surface area (Å²) in [5, 5.41) is 0. The summed E-state index contributed by atoms with van der Waals surface area (Å²) in [5.41, 5.74) is 15.5. The largest absolute Gasteiger partial charge is 0.493 e. The maximum atomic E-state index is 6.22. The molecule has 1 aliphatic heterocycles. The Kier molecular flexibility index (Phi) is 10.7. The lowest BCUT2D eigenvalue weighted by Gasteiger charge is -2.23. The van der Waals surface area contributed by atoms with Gasteiger partial charge in [-0.3, -0.25) is 14.8 Å². The van der Waals surface area contributed by atoms with Gasteiger partial charge in [-0.25, -0.2) is 0 Å². The predicted molar refractivity (Wildman–Crippen MR) is 157 cm³/mol. The molecule has 0 unspecified atom stereocenters. The third kappa shape index (κ3) is 8.64. The monoisotopic (exact) mass is 517 g/mol. The molecule has 0 radical (unpaired) electrons. The van der Waals surface area contributed by atoms with Crippen molar-refractivity contribution in [1.82, 2.24) is 9.80 Å². The van der Waals surface area contributed by atoms with Crippen LogP contribution in [0.15, 0.2) is 71.9 Å². The fraction of sp³-hybridized carbons (Fsp3) is 0.452. The third-order valence-corrected chi connectivity index (χ3v) is 7.07. The first-order valence-corrected chi connectivity index (χ1v) is 13.9. The molecular formula is C31H43N5O2. The average molecular weight is 518 g/mol. The lowest BCUT2D eigenvalue weighted by Crippen LogP contribution is -2.27. The van der Waals surface area contributed by atoms with E-state index in [-0.39, 0.29) is 0 Å². The van der Waals surface area contributed by atoms with Crippen molar-refractivity contribution in [2.45, 2.75) is 44.7 Å². The fourth-order valence-electron chi connectivity index (χ4n) is 4.86. The maximum absolute atomic E-state index is 6.22. The molecule has 0 spiro atoms. The number of benzene rings is 2. The van der Waals surface area contributed by atoms with Crippen LogP contribution in [-0.2, 0) is 6.54 Å². The van der Waals surface area contributed by atoms with Gasteiger partial charge in [-0.05, 0) is 87.8 Å². The van der Waals surface area contributed by atoms with Gasteiger partial charge in [0.05, 0.1) is 12.3 Å². The SMILES string of the molecule is CN=C(/C=C\N)c1cccc(OCC/C=C/CN(Cc2cc(N)ccc2OCCN2CCCC2)C2CC2)c1. The maximum Gasteiger partial charge on any atom is 0.124 e. The first kappa shape index (κ1) is 27.7. The van der Waals surface area contributed by atoms with Crippen LogP contribution in [0.25, 0.3) is 0 Å². The van der Waals surface area contributed by atoms with Crippen LogP contribution in [0.5, 0.6) is 11.5 Å². The number of aliphatic imine (C=N–C) groups is 1. The van der Waals surface area contributed by atoms with Gasteiger partial charge < -0.3 is 20.9 Å². The van der Waals surface area contributed by atoms with Crippen molar-refractivity contribution in [2.75, 3.05) is 52.2 Å². The predicted octanol–water partition coefficient (Wildman–Crippen LogP) is 4.62. The van der Waals surface area contributed by atoms with Crippen molar-refractivity contribution < 1.29 is 9.47 Å². The molecular weight excluding hydrogens is 474 g/mol. The van der Waals surface area contributed by atoms with Gasteiger partial charge >= 0.3 is 0 Å². The van der Waals surface area contributed by atoms with Crippen LogP contribution in [0.3, 0.4) is 0 Å². The minimum atomic E-state index is 0.624. The van der Waals surface area contributed by atoms with Gasteiger partial charge in [-0.2, -0.15) is 0 Å². The van der Waals surface area contributed by atoms with Gasteiger partial charge in [0.1, 0.15) is 18.1 Å². The zero-order chi connectivity index (χ0) is 26.6. The average Bonchev–Trinajstić information content (AvgIpc) is 3.65. The minimum absolute atomic E-state index is 0.624. The Morgan fingerprint density at radius 1 is 1.08 bits per heavy atom. The van der Waals surface area contributed by atoms with Crippen LogP contribution in [0.4, 0.5) is 5.69 Å². The van der Waals surface area contributed by atoms with Crippen molar-refractivity contribution in [3.8, 4) is 11.5 Å². The molecule has 7 nitrogen and oxygen atoms in total. The number of hydrogen-bond donors (Lipinski definition) is 2. The van der Waals surface area contributed by atoms with Gasteiger partial charge in [0.2, 0.25) is 0 Å². The second-order valence-corrected chi connectivity index (χ2v) is 10.0. The molecule has 2 fully saturated rings. The van der Waals surface area contributed by atoms with E-state index in [4.69, 9.17) is 20.9 Å². The minimum Gasteiger partial charge on any atom is -0.493 e. The zero-order valence-electron chi connectivity index (χ0n) is 22.7. The molecule has 1 aliphatic carbocycles. The number of nitrogens with zero attached hydrogens (tertiary/aromatic N) is 3. The molecule has 2 aromatic rings. The highest BCUT2D eigenvalue weighted by Gasteiger charge is 2.28. The number of likely N-dealkylation sites (tertiary alicyclic amines) is 1. The summed E-state index contributed by atoms with van der Waals surface area (Å²) in [6.45, 7) is 6.48. The summed E-state index contributed by atoms with van der Waals surface area (Å²) in [6.07, 6.45) is 13.7. The number of nitrogen functional groups attached to an aromatic ring is 1. The zero-order valence-corrected chi connectivity index (χ0v) is 22.7. The Bertz CT molecular complexity index is 1100. The number of anilines is 1. The Labute approximate surface area is 227 Å². The molecule has 7 heteroatoms. The molecule has 0 amide bonds. The summed E-state index contributed by atoms with van der Waals surface area (Å²) in [6, 6.07) is 14.6. The normalized spacial score (nSPS) is 16.7. The molecule has 2 aliphatic rings. The smallest absolute Gasteiger partial charge is 0.124 e. The van der Waals surface area contributed by atoms with E-state index in [1.54, 1.807) is 13.1 Å². The van der Waals surface area contributed by atoms with Gasteiger partial charge in [0, 0.05) is 49.5 Å². The van der Waals surface area contributed by atoms with Crippen molar-refractivity contribution >= 4 is 11.4 Å². The molecule has 38 heavy (non-hydrogen) atoms. The summed E-state index contributed by atoms with van der Waals surface area (Å²) in [4.78, 5) is 9.29. The van der Waals surface area contributed by atoms with Crippen LogP contribution in [0.1, 0.15) is 43.2 Å². The summed E-state index contributed by atoms with van der Waals surface area (Å²) in [5.74, 6) is 1.79. The van der Waals surface area contributed by atoms with E-state index in [0.29, 0.717) is 12.6 Å². The van der Waals surface area contributed by atoms with Crippen molar-refractivity contribution in [1.29, 1.82) is 0 Å². The van der Waals surface area contributed by atoms with Gasteiger partial charge in [0.15, 0.2) is 0 Å². The van der Waals surface area contributed by atoms with E-state index in [0.717, 1.165) is 61.1 Å². The topological polar surface area (TPSA) is 89.3 Å². The van der Waals surface area contributed by atoms with Crippen LogP contribution >= 0.6 is 0 Å². The number of ether oxygens (including phenoxy) is 2. The van der Waals surface area contributed by atoms with E-state index in [2.05, 4.69) is 33.0 Å². The van der Waals surface area contributed by atoms with Gasteiger partial charge in [-0.1, -0.05) is 24.3 Å². The first-order valence-electron chi connectivity index (χ1n) is 13.9. The van der Waals surface area contributed by atoms with Gasteiger partial charge in [-0.15, -0.1) is 0 Å². The Balaban J connectivity index is 1.25. The summed E-state index contributed by atoms with van der Waals surface area (Å²) >= 11 is 0. The van der Waals surface area contributed by atoms with Crippen molar-refractivity contribution in [3.05, 3.63) is 78.0 Å². The summed E-state index contributed by atoms with van der Waals surface area (Å²) in [7, 11) is 1.76. The molecule has 0 aromatic heterocycles. The molecule has 4 N–H and O–H groups in total. The highest BCUT2D eigenvalue weighted by atomic mass is 16.5. The second kappa shape index (κ2) is 14.6. The van der Waals surface area contributed by atoms with E-state index < -0.39 is 0 Å². The lowest BCUT2D eigenvalue weighted by molar-refractivity contribution is 0.230. The standard InChI is InChI=1S/C31H43N5O2/c1-34-30(14-15-32)25-8-7-9-29(23-25)37-20-6-2-3-18-36(28-11-12-28)24-26-22-27(33)10-13-31(26)38-21-19-35-16-4-5-17-35/h2-3,7-10,13-15,22-23,28H,4-6,11-12,16-21,24,32-33H2,1H3/b3-2+,15-14-,34-30?. The molecule has 0 bridgehead atoms. The number of hydrogen-bond acceptors (Lipinski definition) is 7. The molecule has 2 aromatic carbocycles. The molecule has 204 valence electrons. The Morgan fingerprint density at radius 3 is 2.68 bits per heavy atom. The third-order valence-electron chi connectivity index (χ3n) is 7.07. The molecule has 0 atom stereocenters. The second-order valence-electron chi connectivity index (χ2n) is 10.0. The lowest BCUT2D eigenvalue weighted by atomic mass is 10.1. The Hall–Kier alpha value is -3.29. The van der Waals surface area contributed by atoms with E-state index in [1.165, 1.54) is 50.5 Å². The summed E-state index contributed by atoms with van der Waals surface area (Å²) < 4.78 is 12.2. The van der Waals surface area contributed by atoms with Gasteiger partial charge in [0.25, 0.3) is 0 Å². The molecule has 1 saturated carbocycles. The van der Waals surface area contributed by atoms with Crippen LogP contribution in [0, 0.1) is 0 Å². The quantitative estimate of drug-likeness (QED) is 0.155. The number of allylic oxidation sites excluding steroid dienone is 1. The van der Waals surface area contributed by atoms with Crippen LogP contribution in [-0.4, -0.2) is 68.0 Å². The highest BCUT2D eigenvalue weighted by molar-refractivity contribution is 6.08. The number of nitrogens with two attached hydrogens (primary N) is 2. The van der Waals surface area contributed by atoms with E-state index >= 15 is 0 Å². The van der Waals surface area contributed by atoms with Crippen molar-refractivity contribution in [2.24, 2.45) is 10.7 Å². The molecule has 4 rings (SSSR count). The molecule has 1 heterocycles.